The van der Waals surface area contributed by atoms with Crippen LogP contribution in [0.3, 0.4) is 0 Å². The van der Waals surface area contributed by atoms with Crippen molar-refractivity contribution >= 4 is 16.0 Å². The average Bonchev–Trinajstić information content (AvgIpc) is 2.72. The number of carbonyl (C=O) groups excluding carboxylic acids is 1. The molecule has 0 aliphatic carbocycles. The molecule has 204 valence electrons. The minimum atomic E-state index is -4.43. The number of rotatable bonds is 24. The van der Waals surface area contributed by atoms with Gasteiger partial charge >= 0.3 is 0 Å². The smallest absolute Gasteiger partial charge is 0.219 e. The zero-order chi connectivity index (χ0) is 25.7. The Labute approximate surface area is 210 Å². The molecule has 1 atom stereocenters. The lowest BCUT2D eigenvalue weighted by Crippen LogP contribution is -2.48. The highest BCUT2D eigenvalue weighted by Gasteiger charge is 2.21. The Morgan fingerprint density at radius 2 is 1.26 bits per heavy atom. The van der Waals surface area contributed by atoms with Crippen LogP contribution in [0.1, 0.15) is 116 Å². The molecule has 1 amide bonds. The number of quaternary nitrogens is 1. The molecule has 0 radical (unpaired) electrons. The van der Waals surface area contributed by atoms with Crippen LogP contribution in [-0.2, 0) is 14.9 Å². The third-order valence-electron chi connectivity index (χ3n) is 6.37. The molecular formula is C26H54N2O5S. The van der Waals surface area contributed by atoms with Crippen molar-refractivity contribution in [2.75, 3.05) is 39.5 Å². The Balaban J connectivity index is 3.50. The highest BCUT2D eigenvalue weighted by atomic mass is 32.2. The van der Waals surface area contributed by atoms with Crippen LogP contribution in [0.25, 0.3) is 0 Å². The van der Waals surface area contributed by atoms with E-state index in [0.29, 0.717) is 24.0 Å². The van der Waals surface area contributed by atoms with Gasteiger partial charge in [-0.3, -0.25) is 4.79 Å². The summed E-state index contributed by atoms with van der Waals surface area (Å²) in [4.78, 5) is 12.0. The molecule has 0 fully saturated rings. The number of aliphatic hydroxyl groups excluding tert-OH is 1. The average molecular weight is 507 g/mol. The molecule has 0 saturated carbocycles. The number of carbonyl (C=O) groups is 1. The molecule has 0 aliphatic heterocycles. The van der Waals surface area contributed by atoms with Crippen LogP contribution in [0.5, 0.6) is 0 Å². The highest BCUT2D eigenvalue weighted by Crippen LogP contribution is 2.13. The van der Waals surface area contributed by atoms with Gasteiger partial charge in [0.25, 0.3) is 0 Å². The number of hydrogen-bond acceptors (Lipinski definition) is 5. The molecule has 8 heteroatoms. The summed E-state index contributed by atoms with van der Waals surface area (Å²) in [5, 5.41) is 12.7. The molecule has 0 spiro atoms. The summed E-state index contributed by atoms with van der Waals surface area (Å²) >= 11 is 0. The summed E-state index contributed by atoms with van der Waals surface area (Å²) in [6.45, 7) is 3.69. The maximum Gasteiger partial charge on any atom is 0.219 e. The van der Waals surface area contributed by atoms with E-state index >= 15 is 0 Å². The number of nitrogens with zero attached hydrogens (tertiary/aromatic N) is 1. The SMILES string of the molecule is CCCCCCCCCCCCCCCCCC(=O)NCCC[N+](C)(C)CC(O)CS(=O)(=O)[O-]. The van der Waals surface area contributed by atoms with Gasteiger partial charge in [0.1, 0.15) is 12.6 Å². The van der Waals surface area contributed by atoms with E-state index in [1.165, 1.54) is 83.5 Å². The molecule has 2 N–H and O–H groups in total. The number of aliphatic hydroxyl groups is 1. The van der Waals surface area contributed by atoms with Gasteiger partial charge in [-0.25, -0.2) is 8.42 Å². The highest BCUT2D eigenvalue weighted by molar-refractivity contribution is 7.85. The first-order valence-corrected chi connectivity index (χ1v) is 15.3. The van der Waals surface area contributed by atoms with E-state index in [0.717, 1.165) is 19.3 Å². The van der Waals surface area contributed by atoms with Crippen molar-refractivity contribution in [1.29, 1.82) is 0 Å². The Kier molecular flexibility index (Phi) is 20.1. The minimum absolute atomic E-state index is 0.0810. The van der Waals surface area contributed by atoms with E-state index in [1.54, 1.807) is 0 Å². The van der Waals surface area contributed by atoms with Gasteiger partial charge in [-0.05, 0) is 6.42 Å². The first-order valence-electron chi connectivity index (χ1n) is 13.8. The van der Waals surface area contributed by atoms with Gasteiger partial charge in [0.2, 0.25) is 5.91 Å². The van der Waals surface area contributed by atoms with Gasteiger partial charge in [-0.15, -0.1) is 0 Å². The largest absolute Gasteiger partial charge is 0.748 e. The Morgan fingerprint density at radius 3 is 1.71 bits per heavy atom. The van der Waals surface area contributed by atoms with Gasteiger partial charge < -0.3 is 19.5 Å². The van der Waals surface area contributed by atoms with Crippen molar-refractivity contribution in [3.8, 4) is 0 Å². The number of unbranched alkanes of at least 4 members (excludes halogenated alkanes) is 14. The van der Waals surface area contributed by atoms with E-state index in [9.17, 15) is 22.9 Å². The van der Waals surface area contributed by atoms with Crippen LogP contribution in [0.15, 0.2) is 0 Å². The standard InChI is InChI=1S/C26H54N2O5S/c1-4-5-6-7-8-9-10-11-12-13-14-15-16-17-18-20-26(30)27-21-19-22-28(2,3)23-25(29)24-34(31,32)33/h25,29H,4-24H2,1-3H3,(H-,27,30,31,32,33). The minimum Gasteiger partial charge on any atom is -0.748 e. The van der Waals surface area contributed by atoms with Crippen molar-refractivity contribution < 1.29 is 27.4 Å². The fraction of sp³-hybridized carbons (Fsp3) is 0.962. The van der Waals surface area contributed by atoms with Crippen molar-refractivity contribution in [3.05, 3.63) is 0 Å². The molecule has 0 heterocycles. The molecule has 0 aromatic rings. The number of nitrogens with one attached hydrogen (secondary N) is 1. The second-order valence-corrected chi connectivity index (χ2v) is 12.1. The summed E-state index contributed by atoms with van der Waals surface area (Å²) in [5.41, 5.74) is 0. The lowest BCUT2D eigenvalue weighted by Gasteiger charge is -2.32. The van der Waals surface area contributed by atoms with Crippen molar-refractivity contribution in [3.63, 3.8) is 0 Å². The summed E-state index contributed by atoms with van der Waals surface area (Å²) < 4.78 is 32.6. The van der Waals surface area contributed by atoms with Gasteiger partial charge in [0, 0.05) is 19.4 Å². The summed E-state index contributed by atoms with van der Waals surface area (Å²) in [7, 11) is -0.679. The summed E-state index contributed by atoms with van der Waals surface area (Å²) in [5.74, 6) is -0.678. The predicted molar refractivity (Wildman–Crippen MR) is 140 cm³/mol. The number of hydrogen-bond donors (Lipinski definition) is 2. The molecule has 0 saturated heterocycles. The van der Waals surface area contributed by atoms with Gasteiger partial charge in [-0.2, -0.15) is 0 Å². The molecule has 1 unspecified atom stereocenters. The maximum absolute atomic E-state index is 12.0. The maximum atomic E-state index is 12.0. The van der Waals surface area contributed by atoms with Crippen molar-refractivity contribution in [2.45, 2.75) is 122 Å². The molecule has 34 heavy (non-hydrogen) atoms. The Bertz CT molecular complexity index is 596. The van der Waals surface area contributed by atoms with Crippen LogP contribution in [-0.4, -0.2) is 74.1 Å². The fourth-order valence-electron chi connectivity index (χ4n) is 4.43. The van der Waals surface area contributed by atoms with Gasteiger partial charge in [-0.1, -0.05) is 96.8 Å². The second kappa shape index (κ2) is 20.5. The van der Waals surface area contributed by atoms with E-state index in [4.69, 9.17) is 0 Å². The second-order valence-electron chi connectivity index (χ2n) is 10.6. The first kappa shape index (κ1) is 33.3. The number of amides is 1. The lowest BCUT2D eigenvalue weighted by molar-refractivity contribution is -0.893. The zero-order valence-corrected chi connectivity index (χ0v) is 23.2. The van der Waals surface area contributed by atoms with Crippen molar-refractivity contribution in [2.24, 2.45) is 0 Å². The van der Waals surface area contributed by atoms with Crippen LogP contribution in [0.2, 0.25) is 0 Å². The first-order chi connectivity index (χ1) is 16.1. The summed E-state index contributed by atoms with van der Waals surface area (Å²) in [6, 6.07) is 0. The van der Waals surface area contributed by atoms with Gasteiger partial charge in [0.05, 0.1) is 36.5 Å². The van der Waals surface area contributed by atoms with E-state index < -0.39 is 22.0 Å². The molecule has 7 nitrogen and oxygen atoms in total. The molecule has 0 rings (SSSR count). The number of likely N-dealkylation sites (N-methyl/N-ethyl adjacent to an activating group) is 1. The third kappa shape index (κ3) is 24.4. The molecule has 0 aromatic carbocycles. The normalized spacial score (nSPS) is 13.2. The van der Waals surface area contributed by atoms with Crippen molar-refractivity contribution in [1.82, 2.24) is 5.32 Å². The van der Waals surface area contributed by atoms with E-state index in [1.807, 2.05) is 14.1 Å². The molecular weight excluding hydrogens is 452 g/mol. The predicted octanol–water partition coefficient (Wildman–Crippen LogP) is 4.74. The monoisotopic (exact) mass is 506 g/mol. The topological polar surface area (TPSA) is 107 Å². The third-order valence-corrected chi connectivity index (χ3v) is 7.16. The molecule has 0 aromatic heterocycles. The van der Waals surface area contributed by atoms with E-state index in [2.05, 4.69) is 12.2 Å². The Morgan fingerprint density at radius 1 is 0.824 bits per heavy atom. The van der Waals surface area contributed by atoms with Crippen LogP contribution in [0, 0.1) is 0 Å². The molecule has 0 aliphatic rings. The van der Waals surface area contributed by atoms with E-state index in [-0.39, 0.29) is 12.5 Å². The van der Waals surface area contributed by atoms with Crippen LogP contribution in [0.4, 0.5) is 0 Å². The Hall–Kier alpha value is -0.700. The van der Waals surface area contributed by atoms with Crippen LogP contribution < -0.4 is 5.32 Å². The van der Waals surface area contributed by atoms with Crippen LogP contribution >= 0.6 is 0 Å². The fourth-order valence-corrected chi connectivity index (χ4v) is 5.01. The summed E-state index contributed by atoms with van der Waals surface area (Å²) in [6.07, 6.45) is 19.8. The quantitative estimate of drug-likeness (QED) is 0.112. The lowest BCUT2D eigenvalue weighted by atomic mass is 10.0. The molecule has 0 bridgehead atoms. The van der Waals surface area contributed by atoms with Gasteiger partial charge in [0.15, 0.2) is 0 Å². The zero-order valence-electron chi connectivity index (χ0n) is 22.4.